The van der Waals surface area contributed by atoms with Gasteiger partial charge in [-0.2, -0.15) is 21.4 Å². The van der Waals surface area contributed by atoms with Gasteiger partial charge in [-0.05, 0) is 30.3 Å². The fourth-order valence-corrected chi connectivity index (χ4v) is 6.79. The van der Waals surface area contributed by atoms with Crippen LogP contribution >= 0.6 is 46.3 Å². The van der Waals surface area contributed by atoms with Gasteiger partial charge in [0, 0.05) is 27.6 Å². The van der Waals surface area contributed by atoms with Crippen LogP contribution in [-0.2, 0) is 26.8 Å². The molecule has 1 aliphatic heterocycles. The number of thiazole rings is 1. The van der Waals surface area contributed by atoms with Gasteiger partial charge in [-0.25, -0.2) is 0 Å². The van der Waals surface area contributed by atoms with Crippen LogP contribution in [0.3, 0.4) is 0 Å². The summed E-state index contributed by atoms with van der Waals surface area (Å²) in [7, 11) is -8.40. The molecule has 0 aliphatic carbocycles. The first-order valence-electron chi connectivity index (χ1n) is 9.38. The second kappa shape index (κ2) is 9.34. The highest BCUT2D eigenvalue weighted by Gasteiger charge is 2.29. The lowest BCUT2D eigenvalue weighted by molar-refractivity contribution is -0.664. The number of aromatic nitrogens is 1. The van der Waals surface area contributed by atoms with E-state index in [1.165, 1.54) is 23.1 Å². The maximum Gasteiger partial charge on any atom is 0.271 e. The first kappa shape index (κ1) is 24.7. The summed E-state index contributed by atoms with van der Waals surface area (Å²) in [6.07, 6.45) is 1.81. The second-order valence-corrected chi connectivity index (χ2v) is 13.3. The molecule has 8 nitrogen and oxygen atoms in total. The van der Waals surface area contributed by atoms with Gasteiger partial charge in [0.15, 0.2) is 6.54 Å². The Hall–Kier alpha value is -1.38. The minimum absolute atomic E-state index is 0.00719. The van der Waals surface area contributed by atoms with E-state index in [4.69, 9.17) is 23.2 Å². The molecule has 1 aliphatic rings. The maximum atomic E-state index is 11.4. The van der Waals surface area contributed by atoms with E-state index in [0.717, 1.165) is 9.60 Å². The summed E-state index contributed by atoms with van der Waals surface area (Å²) in [5.74, 6) is -0.969. The van der Waals surface area contributed by atoms with E-state index >= 15 is 0 Å². The predicted molar refractivity (Wildman–Crippen MR) is 132 cm³/mol. The Labute approximate surface area is 208 Å². The van der Waals surface area contributed by atoms with Crippen molar-refractivity contribution in [2.24, 2.45) is 0 Å². The molecule has 2 N–H and O–H groups in total. The fraction of sp³-hybridized carbons (Fsp3) is 0.211. The van der Waals surface area contributed by atoms with Gasteiger partial charge in [-0.1, -0.05) is 46.3 Å². The minimum atomic E-state index is -4.20. The standard InChI is InChI=1S/C19H16Cl2N2O6S4/c20-12-1-3-16-14(9-12)22(5-7-32(24,25)26)18(30-16)11-19-23(6-8-33(27,28)29)15-10-13(21)2-4-17(15)31-19/h1-4,9-11H,5-8H2,(H-,24,25,26,27,28,29)/p+1. The van der Waals surface area contributed by atoms with Gasteiger partial charge >= 0.3 is 0 Å². The third kappa shape index (κ3) is 6.01. The second-order valence-electron chi connectivity index (χ2n) is 7.12. The van der Waals surface area contributed by atoms with E-state index in [2.05, 4.69) is 0 Å². The van der Waals surface area contributed by atoms with Crippen LogP contribution in [0.2, 0.25) is 10.0 Å². The van der Waals surface area contributed by atoms with E-state index < -0.39 is 31.7 Å². The molecule has 0 spiro atoms. The predicted octanol–water partition coefficient (Wildman–Crippen LogP) is 4.18. The Morgan fingerprint density at radius 3 is 2.33 bits per heavy atom. The summed E-state index contributed by atoms with van der Waals surface area (Å²) in [5.41, 5.74) is 1.41. The number of hydrogen-bond donors (Lipinski definition) is 2. The van der Waals surface area contributed by atoms with Gasteiger partial charge < -0.3 is 4.90 Å². The molecule has 0 radical (unpaired) electrons. The first-order valence-corrected chi connectivity index (χ1v) is 15.0. The average molecular weight is 569 g/mol. The van der Waals surface area contributed by atoms with E-state index in [1.807, 2.05) is 18.2 Å². The number of hydrogen-bond acceptors (Lipinski definition) is 7. The van der Waals surface area contributed by atoms with Crippen molar-refractivity contribution in [3.8, 4) is 0 Å². The summed E-state index contributed by atoms with van der Waals surface area (Å²) in [6, 6.07) is 10.5. The zero-order valence-electron chi connectivity index (χ0n) is 16.7. The van der Waals surface area contributed by atoms with Crippen molar-refractivity contribution in [3.05, 3.63) is 56.5 Å². The number of benzene rings is 2. The van der Waals surface area contributed by atoms with Gasteiger partial charge in [0.05, 0.1) is 22.5 Å². The molecule has 176 valence electrons. The third-order valence-electron chi connectivity index (χ3n) is 4.78. The fourth-order valence-electron chi connectivity index (χ4n) is 3.34. The number of fused-ring (bicyclic) bond motifs is 2. The molecule has 1 aromatic heterocycles. The summed E-state index contributed by atoms with van der Waals surface area (Å²) in [5, 5.41) is 2.31. The normalized spacial score (nSPS) is 15.5. The molecule has 0 amide bonds. The van der Waals surface area contributed by atoms with E-state index in [-0.39, 0.29) is 13.1 Å². The maximum absolute atomic E-state index is 11.4. The molecular weight excluding hydrogens is 551 g/mol. The number of aryl methyl sites for hydroxylation is 1. The van der Waals surface area contributed by atoms with Gasteiger partial charge in [0.2, 0.25) is 5.52 Å². The lowest BCUT2D eigenvalue weighted by Gasteiger charge is -2.19. The van der Waals surface area contributed by atoms with Crippen molar-refractivity contribution < 1.29 is 30.5 Å². The molecule has 0 bridgehead atoms. The zero-order valence-corrected chi connectivity index (χ0v) is 21.5. The molecule has 14 heteroatoms. The average Bonchev–Trinajstić information content (AvgIpc) is 3.20. The first-order chi connectivity index (χ1) is 15.4. The van der Waals surface area contributed by atoms with Crippen molar-refractivity contribution in [1.29, 1.82) is 0 Å². The van der Waals surface area contributed by atoms with E-state index in [9.17, 15) is 25.9 Å². The highest BCUT2D eigenvalue weighted by atomic mass is 35.5. The Kier molecular flexibility index (Phi) is 7.00. The van der Waals surface area contributed by atoms with Crippen LogP contribution in [0.15, 0.2) is 46.3 Å². The molecule has 2 heterocycles. The quantitative estimate of drug-likeness (QED) is 0.322. The van der Waals surface area contributed by atoms with Crippen molar-refractivity contribution in [2.75, 3.05) is 23.0 Å². The Morgan fingerprint density at radius 1 is 0.970 bits per heavy atom. The lowest BCUT2D eigenvalue weighted by atomic mass is 10.3. The molecule has 33 heavy (non-hydrogen) atoms. The van der Waals surface area contributed by atoms with Crippen LogP contribution in [-0.4, -0.2) is 44.0 Å². The summed E-state index contributed by atoms with van der Waals surface area (Å²) < 4.78 is 66.7. The Balaban J connectivity index is 1.81. The zero-order chi connectivity index (χ0) is 24.0. The third-order valence-corrected chi connectivity index (χ3v) is 8.87. The topological polar surface area (TPSA) is 116 Å². The van der Waals surface area contributed by atoms with E-state index in [0.29, 0.717) is 31.3 Å². The van der Waals surface area contributed by atoms with Crippen LogP contribution in [0.4, 0.5) is 5.69 Å². The number of thioether (sulfide) groups is 1. The van der Waals surface area contributed by atoms with Crippen LogP contribution in [0.25, 0.3) is 16.3 Å². The van der Waals surface area contributed by atoms with Crippen molar-refractivity contribution in [1.82, 2.24) is 0 Å². The summed E-state index contributed by atoms with van der Waals surface area (Å²) in [6.45, 7) is -0.0144. The highest BCUT2D eigenvalue weighted by Crippen LogP contribution is 2.47. The molecule has 3 aromatic rings. The monoisotopic (exact) mass is 567 g/mol. The molecule has 0 atom stereocenters. The number of halogens is 2. The van der Waals surface area contributed by atoms with E-state index in [1.54, 1.807) is 33.7 Å². The summed E-state index contributed by atoms with van der Waals surface area (Å²) in [4.78, 5) is 2.60. The van der Waals surface area contributed by atoms with Crippen LogP contribution in [0, 0.1) is 0 Å². The molecule has 0 saturated carbocycles. The molecular formula is C19H17Cl2N2O6S4+. The smallest absolute Gasteiger partial charge is 0.271 e. The Morgan fingerprint density at radius 2 is 1.64 bits per heavy atom. The molecule has 4 rings (SSSR count). The van der Waals surface area contributed by atoms with Gasteiger partial charge in [-0.3, -0.25) is 9.11 Å². The van der Waals surface area contributed by atoms with Crippen molar-refractivity contribution in [2.45, 2.75) is 11.4 Å². The summed E-state index contributed by atoms with van der Waals surface area (Å²) >= 11 is 15.1. The molecule has 0 saturated heterocycles. The number of rotatable bonds is 7. The van der Waals surface area contributed by atoms with Crippen LogP contribution in [0.5, 0.6) is 0 Å². The lowest BCUT2D eigenvalue weighted by Crippen LogP contribution is -2.38. The van der Waals surface area contributed by atoms with Crippen LogP contribution in [0.1, 0.15) is 5.01 Å². The number of nitrogens with zero attached hydrogens (tertiary/aromatic N) is 2. The van der Waals surface area contributed by atoms with Gasteiger partial charge in [0.1, 0.15) is 10.5 Å². The largest absolute Gasteiger partial charge is 0.334 e. The molecule has 0 fully saturated rings. The van der Waals surface area contributed by atoms with Crippen molar-refractivity contribution >= 4 is 88.5 Å². The molecule has 2 aromatic carbocycles. The molecule has 0 unspecified atom stereocenters. The van der Waals surface area contributed by atoms with Crippen LogP contribution < -0.4 is 9.47 Å². The highest BCUT2D eigenvalue weighted by molar-refractivity contribution is 8.04. The van der Waals surface area contributed by atoms with Gasteiger partial charge in [0.25, 0.3) is 25.2 Å². The number of anilines is 1. The van der Waals surface area contributed by atoms with Gasteiger partial charge in [-0.15, -0.1) is 0 Å². The van der Waals surface area contributed by atoms with Crippen molar-refractivity contribution in [3.63, 3.8) is 0 Å². The Bertz CT molecular complexity index is 1490. The minimum Gasteiger partial charge on any atom is -0.334 e. The SMILES string of the molecule is O=S(=O)(O)CCN1/C(=C/c2sc3ccc(Cl)cc3[n+]2CCS(=O)(=O)O)Sc2ccc(Cl)cc21.